The van der Waals surface area contributed by atoms with Crippen molar-refractivity contribution in [1.29, 1.82) is 0 Å². The number of amides is 1. The number of rotatable bonds is 4. The van der Waals surface area contributed by atoms with Crippen molar-refractivity contribution in [1.82, 2.24) is 19.5 Å². The molecule has 2 bridgehead atoms. The smallest absolute Gasteiger partial charge is 0.308 e. The van der Waals surface area contributed by atoms with Gasteiger partial charge >= 0.3 is 7.75 Å². The molecule has 0 unspecified atom stereocenters. The van der Waals surface area contributed by atoms with Gasteiger partial charge in [-0.3, -0.25) is 19.6 Å². The van der Waals surface area contributed by atoms with Crippen LogP contribution < -0.4 is 10.6 Å². The highest BCUT2D eigenvalue weighted by molar-refractivity contribution is 7.50. The molecule has 1 saturated carbocycles. The number of fused-ring (bicyclic) bond motifs is 3. The molecule has 5 rings (SSSR count). The highest BCUT2D eigenvalue weighted by Gasteiger charge is 2.42. The van der Waals surface area contributed by atoms with E-state index in [1.165, 1.54) is 51.4 Å². The molecule has 35 heavy (non-hydrogen) atoms. The lowest BCUT2D eigenvalue weighted by atomic mass is 9.79. The third-order valence-electron chi connectivity index (χ3n) is 8.12. The van der Waals surface area contributed by atoms with Gasteiger partial charge < -0.3 is 14.4 Å². The van der Waals surface area contributed by atoms with Gasteiger partial charge in [-0.1, -0.05) is 50.7 Å². The van der Waals surface area contributed by atoms with Crippen LogP contribution in [0.2, 0.25) is 0 Å². The van der Waals surface area contributed by atoms with Crippen molar-refractivity contribution in [3.05, 3.63) is 40.3 Å². The largest absolute Gasteiger partial charge is 0.430 e. The summed E-state index contributed by atoms with van der Waals surface area (Å²) in [7, 11) is -4.86. The number of hydrogen-bond donors (Lipinski definition) is 3. The number of para-hydroxylation sites is 2. The second-order valence-electron chi connectivity index (χ2n) is 10.4. The molecule has 3 atom stereocenters. The Morgan fingerprint density at radius 1 is 0.886 bits per heavy atom. The Hall–Kier alpha value is -2.06. The lowest BCUT2D eigenvalue weighted by Crippen LogP contribution is -2.57. The maximum Gasteiger partial charge on any atom is 0.430 e. The Kier molecular flexibility index (Phi) is 7.13. The molecular weight excluding hydrogens is 467 g/mol. The zero-order valence-electron chi connectivity index (χ0n) is 20.0. The van der Waals surface area contributed by atoms with Crippen LogP contribution in [0.3, 0.4) is 0 Å². The maximum absolute atomic E-state index is 13.6. The van der Waals surface area contributed by atoms with E-state index in [2.05, 4.69) is 9.88 Å². The van der Waals surface area contributed by atoms with Crippen molar-refractivity contribution in [3.63, 3.8) is 0 Å². The van der Waals surface area contributed by atoms with Crippen LogP contribution in [0.1, 0.15) is 93.6 Å². The van der Waals surface area contributed by atoms with Crippen LogP contribution in [0.25, 0.3) is 11.0 Å². The fourth-order valence-electron chi connectivity index (χ4n) is 6.78. The highest BCUT2D eigenvalue weighted by atomic mass is 31.2. The van der Waals surface area contributed by atoms with Crippen LogP contribution >= 0.6 is 7.75 Å². The first-order valence-corrected chi connectivity index (χ1v) is 14.6. The number of carbonyl (C=O) groups excluding carboxylic acids is 1. The van der Waals surface area contributed by atoms with Crippen LogP contribution in [0.4, 0.5) is 0 Å². The van der Waals surface area contributed by atoms with E-state index in [1.807, 2.05) is 12.1 Å². The Balaban J connectivity index is 1.50. The molecule has 1 aromatic heterocycles. The topological polar surface area (TPSA) is 125 Å². The van der Waals surface area contributed by atoms with Gasteiger partial charge in [0.15, 0.2) is 5.69 Å². The van der Waals surface area contributed by atoms with Gasteiger partial charge in [-0.05, 0) is 50.7 Å². The van der Waals surface area contributed by atoms with Crippen molar-refractivity contribution in [2.45, 2.75) is 101 Å². The average molecular weight is 503 g/mol. The van der Waals surface area contributed by atoms with E-state index in [1.54, 1.807) is 21.8 Å². The van der Waals surface area contributed by atoms with E-state index in [0.717, 1.165) is 25.7 Å². The van der Waals surface area contributed by atoms with Gasteiger partial charge in [0.1, 0.15) is 0 Å². The summed E-state index contributed by atoms with van der Waals surface area (Å²) in [4.78, 5) is 51.5. The minimum Gasteiger partial charge on any atom is -0.308 e. The Morgan fingerprint density at radius 3 is 2.14 bits per heavy atom. The van der Waals surface area contributed by atoms with Crippen molar-refractivity contribution >= 4 is 24.7 Å². The number of aromatic nitrogens is 2. The van der Waals surface area contributed by atoms with Gasteiger partial charge in [-0.15, -0.1) is 0 Å². The SMILES string of the molecule is O=C(NP(=O)(O)O)c1nc2ccccc2n([C@H]2C[C@H]3CCC[C@@H](C2)N3C2CCCCCCC2)c1=O. The van der Waals surface area contributed by atoms with E-state index in [0.29, 0.717) is 29.2 Å². The second kappa shape index (κ2) is 10.1. The molecule has 2 aliphatic heterocycles. The number of hydrogen-bond acceptors (Lipinski definition) is 5. The van der Waals surface area contributed by atoms with Crippen LogP contribution in [-0.2, 0) is 4.57 Å². The van der Waals surface area contributed by atoms with Gasteiger partial charge in [0.25, 0.3) is 11.5 Å². The molecule has 2 saturated heterocycles. The van der Waals surface area contributed by atoms with Crippen LogP contribution in [0.5, 0.6) is 0 Å². The second-order valence-corrected chi connectivity index (χ2v) is 11.7. The van der Waals surface area contributed by atoms with Gasteiger partial charge in [0.05, 0.1) is 11.0 Å². The third kappa shape index (κ3) is 5.24. The van der Waals surface area contributed by atoms with Crippen LogP contribution in [0.15, 0.2) is 29.1 Å². The third-order valence-corrected chi connectivity index (χ3v) is 8.62. The lowest BCUT2D eigenvalue weighted by Gasteiger charge is -2.53. The van der Waals surface area contributed by atoms with E-state index < -0.39 is 24.9 Å². The maximum atomic E-state index is 13.6. The lowest BCUT2D eigenvalue weighted by molar-refractivity contribution is -0.0247. The van der Waals surface area contributed by atoms with Crippen LogP contribution in [0, 0.1) is 0 Å². The van der Waals surface area contributed by atoms with Crippen LogP contribution in [-0.4, -0.2) is 48.3 Å². The number of nitrogens with zero attached hydrogens (tertiary/aromatic N) is 3. The molecule has 0 radical (unpaired) electrons. The van der Waals surface area contributed by atoms with Crippen molar-refractivity contribution in [2.24, 2.45) is 0 Å². The summed E-state index contributed by atoms with van der Waals surface area (Å²) in [5.41, 5.74) is 0.0695. The van der Waals surface area contributed by atoms with Gasteiger partial charge in [-0.2, -0.15) is 0 Å². The molecule has 3 aliphatic rings. The molecule has 2 aromatic rings. The normalized spacial score (nSPS) is 26.7. The monoisotopic (exact) mass is 502 g/mol. The highest BCUT2D eigenvalue weighted by Crippen LogP contribution is 2.42. The summed E-state index contributed by atoms with van der Waals surface area (Å²) < 4.78 is 13.0. The summed E-state index contributed by atoms with van der Waals surface area (Å²) in [6.45, 7) is 0. The molecule has 0 spiro atoms. The van der Waals surface area contributed by atoms with Gasteiger partial charge in [-0.25, -0.2) is 9.55 Å². The first-order valence-electron chi connectivity index (χ1n) is 13.0. The van der Waals surface area contributed by atoms with Crippen molar-refractivity contribution in [2.75, 3.05) is 0 Å². The number of piperidine rings is 2. The summed E-state index contributed by atoms with van der Waals surface area (Å²) >= 11 is 0. The molecule has 3 fully saturated rings. The molecule has 3 heterocycles. The number of carbonyl (C=O) groups is 1. The minimum atomic E-state index is -4.86. The standard InChI is InChI=1S/C25H35N4O5P/c30-24(27-35(32,33)34)23-25(31)29(22-14-7-6-13-21(22)26-23)20-15-18-11-8-12-19(16-20)28(18)17-9-4-2-1-3-5-10-17/h6-7,13-14,17-20H,1-5,8-12,15-16H2,(H3,27,30,32,33,34)/t18-,19+,20+. The Labute approximate surface area is 205 Å². The summed E-state index contributed by atoms with van der Waals surface area (Å²) in [6.07, 6.45) is 14.2. The molecule has 3 N–H and O–H groups in total. The Morgan fingerprint density at radius 2 is 1.49 bits per heavy atom. The predicted octanol–water partition coefficient (Wildman–Crippen LogP) is 3.89. The molecule has 1 aromatic carbocycles. The summed E-state index contributed by atoms with van der Waals surface area (Å²) in [5.74, 6) is -1.14. The average Bonchev–Trinajstić information content (AvgIpc) is 2.77. The molecule has 190 valence electrons. The molecule has 9 nitrogen and oxygen atoms in total. The van der Waals surface area contributed by atoms with Gasteiger partial charge in [0.2, 0.25) is 0 Å². The fraction of sp³-hybridized carbons (Fsp3) is 0.640. The molecular formula is C25H35N4O5P. The van der Waals surface area contributed by atoms with Gasteiger partial charge in [0, 0.05) is 24.2 Å². The quantitative estimate of drug-likeness (QED) is 0.542. The zero-order valence-corrected chi connectivity index (χ0v) is 20.9. The van der Waals surface area contributed by atoms with Crippen molar-refractivity contribution < 1.29 is 19.1 Å². The first kappa shape index (κ1) is 24.6. The zero-order chi connectivity index (χ0) is 24.6. The first-order chi connectivity index (χ1) is 16.8. The van der Waals surface area contributed by atoms with E-state index in [-0.39, 0.29) is 6.04 Å². The van der Waals surface area contributed by atoms with Crippen molar-refractivity contribution in [3.8, 4) is 0 Å². The number of benzene rings is 1. The van der Waals surface area contributed by atoms with E-state index in [9.17, 15) is 23.9 Å². The van der Waals surface area contributed by atoms with E-state index >= 15 is 0 Å². The fourth-order valence-corrected chi connectivity index (χ4v) is 7.15. The predicted molar refractivity (Wildman–Crippen MR) is 133 cm³/mol. The summed E-state index contributed by atoms with van der Waals surface area (Å²) in [6, 6.07) is 8.53. The molecule has 10 heteroatoms. The summed E-state index contributed by atoms with van der Waals surface area (Å²) in [5, 5.41) is 1.62. The minimum absolute atomic E-state index is 0.0860. The van der Waals surface area contributed by atoms with E-state index in [4.69, 9.17) is 0 Å². The number of nitrogens with one attached hydrogen (secondary N) is 1. The molecule has 1 amide bonds. The Bertz CT molecular complexity index is 1170. The molecule has 1 aliphatic carbocycles.